The van der Waals surface area contributed by atoms with Crippen LogP contribution < -0.4 is 0 Å². The Labute approximate surface area is 123 Å². The number of pyridine rings is 1. The molecule has 4 rings (SSSR count). The Balaban J connectivity index is 1.56. The molecule has 1 saturated carbocycles. The number of piperidine rings is 1. The zero-order valence-corrected chi connectivity index (χ0v) is 12.2. The Hall–Kier alpha value is -1.91. The Kier molecular flexibility index (Phi) is 2.94. The quantitative estimate of drug-likeness (QED) is 0.920. The van der Waals surface area contributed by atoms with Crippen molar-refractivity contribution in [3.63, 3.8) is 0 Å². The molecular formula is C16H20N4O. The summed E-state index contributed by atoms with van der Waals surface area (Å²) in [6.45, 7) is 3.88. The lowest BCUT2D eigenvalue weighted by molar-refractivity contribution is -0.134. The molecule has 2 aromatic heterocycles. The maximum atomic E-state index is 12.4. The second-order valence-electron chi connectivity index (χ2n) is 6.45. The van der Waals surface area contributed by atoms with Gasteiger partial charge in [-0.05, 0) is 37.3 Å². The number of likely N-dealkylation sites (tertiary alicyclic amines) is 1. The van der Waals surface area contributed by atoms with E-state index in [1.165, 1.54) is 0 Å². The molecule has 0 bridgehead atoms. The summed E-state index contributed by atoms with van der Waals surface area (Å²) in [5, 5.41) is 8.52. The van der Waals surface area contributed by atoms with Crippen molar-refractivity contribution in [1.29, 1.82) is 0 Å². The van der Waals surface area contributed by atoms with E-state index in [1.54, 1.807) is 6.20 Å². The van der Waals surface area contributed by atoms with Crippen LogP contribution in [-0.4, -0.2) is 39.1 Å². The number of carbonyl (C=O) groups excluding carboxylic acids is 1. The third-order valence-electron chi connectivity index (χ3n) is 4.93. The Bertz CT molecular complexity index is 680. The van der Waals surface area contributed by atoms with E-state index in [2.05, 4.69) is 33.1 Å². The smallest absolute Gasteiger partial charge is 0.225 e. The first-order chi connectivity index (χ1) is 10.2. The zero-order chi connectivity index (χ0) is 14.4. The highest BCUT2D eigenvalue weighted by molar-refractivity contribution is 5.82. The van der Waals surface area contributed by atoms with E-state index in [1.807, 2.05) is 6.07 Å². The summed E-state index contributed by atoms with van der Waals surface area (Å²) in [5.74, 6) is 1.57. The van der Waals surface area contributed by atoms with Crippen LogP contribution in [0.5, 0.6) is 0 Å². The summed E-state index contributed by atoms with van der Waals surface area (Å²) in [7, 11) is 0. The predicted octanol–water partition coefficient (Wildman–Crippen LogP) is 2.32. The van der Waals surface area contributed by atoms with Gasteiger partial charge in [0.2, 0.25) is 5.91 Å². The van der Waals surface area contributed by atoms with Crippen molar-refractivity contribution < 1.29 is 4.79 Å². The molecule has 1 N–H and O–H groups in total. The molecule has 0 spiro atoms. The lowest BCUT2D eigenvalue weighted by atomic mass is 9.93. The lowest BCUT2D eigenvalue weighted by Crippen LogP contribution is -2.40. The molecule has 110 valence electrons. The lowest BCUT2D eigenvalue weighted by Gasteiger charge is -2.32. The highest BCUT2D eigenvalue weighted by atomic mass is 16.2. The number of hydrogen-bond donors (Lipinski definition) is 1. The largest absolute Gasteiger partial charge is 0.342 e. The fraction of sp³-hybridized carbons (Fsp3) is 0.562. The van der Waals surface area contributed by atoms with Gasteiger partial charge in [-0.2, -0.15) is 5.10 Å². The van der Waals surface area contributed by atoms with Gasteiger partial charge in [0.15, 0.2) is 5.65 Å². The molecule has 3 atom stereocenters. The van der Waals surface area contributed by atoms with E-state index in [9.17, 15) is 4.79 Å². The maximum absolute atomic E-state index is 12.4. The van der Waals surface area contributed by atoms with Crippen LogP contribution in [0.15, 0.2) is 18.3 Å². The molecule has 5 heteroatoms. The average molecular weight is 284 g/mol. The van der Waals surface area contributed by atoms with Gasteiger partial charge in [0.1, 0.15) is 0 Å². The number of fused-ring (bicyclic) bond motifs is 1. The van der Waals surface area contributed by atoms with Gasteiger partial charge in [0.05, 0.1) is 0 Å². The molecule has 1 amide bonds. The van der Waals surface area contributed by atoms with Gasteiger partial charge < -0.3 is 4.90 Å². The van der Waals surface area contributed by atoms with Crippen LogP contribution in [0.4, 0.5) is 0 Å². The third kappa shape index (κ3) is 2.20. The van der Waals surface area contributed by atoms with Crippen LogP contribution in [0.2, 0.25) is 0 Å². The number of nitrogens with zero attached hydrogens (tertiary/aromatic N) is 3. The van der Waals surface area contributed by atoms with E-state index in [-0.39, 0.29) is 5.92 Å². The zero-order valence-electron chi connectivity index (χ0n) is 12.2. The Morgan fingerprint density at radius 1 is 1.48 bits per heavy atom. The van der Waals surface area contributed by atoms with Crippen LogP contribution in [0.25, 0.3) is 11.0 Å². The summed E-state index contributed by atoms with van der Waals surface area (Å²) in [6, 6.07) is 4.00. The predicted molar refractivity (Wildman–Crippen MR) is 79.7 cm³/mol. The van der Waals surface area contributed by atoms with Gasteiger partial charge in [-0.25, -0.2) is 4.98 Å². The Morgan fingerprint density at radius 2 is 2.33 bits per heavy atom. The SMILES string of the molecule is C[C@@H]1C[C@H]1C(=O)N1CCC[C@H](c2[nH]nc3ncccc23)C1. The fourth-order valence-corrected chi connectivity index (χ4v) is 3.49. The van der Waals surface area contributed by atoms with Crippen molar-refractivity contribution >= 4 is 16.9 Å². The number of rotatable bonds is 2. The third-order valence-corrected chi connectivity index (χ3v) is 4.93. The molecular weight excluding hydrogens is 264 g/mol. The standard InChI is InChI=1S/C16H20N4O/c1-10-8-13(10)16(21)20-7-3-4-11(9-20)14-12-5-2-6-17-15(12)19-18-14/h2,5-6,10-11,13H,3-4,7-9H2,1H3,(H,17,18,19)/t10-,11+,13-/m1/s1. The topological polar surface area (TPSA) is 61.9 Å². The summed E-state index contributed by atoms with van der Waals surface area (Å²) < 4.78 is 0. The second kappa shape index (κ2) is 4.83. The molecule has 2 aromatic rings. The normalized spacial score (nSPS) is 28.8. The van der Waals surface area contributed by atoms with E-state index in [4.69, 9.17) is 0 Å². The summed E-state index contributed by atoms with van der Waals surface area (Å²) in [5.41, 5.74) is 1.91. The fourth-order valence-electron chi connectivity index (χ4n) is 3.49. The van der Waals surface area contributed by atoms with Gasteiger partial charge in [0, 0.05) is 42.2 Å². The number of nitrogens with one attached hydrogen (secondary N) is 1. The monoisotopic (exact) mass is 284 g/mol. The number of aromatic amines is 1. The summed E-state index contributed by atoms with van der Waals surface area (Å²) in [4.78, 5) is 18.8. The molecule has 5 nitrogen and oxygen atoms in total. The van der Waals surface area contributed by atoms with Crippen LogP contribution in [0.3, 0.4) is 0 Å². The van der Waals surface area contributed by atoms with Gasteiger partial charge in [-0.15, -0.1) is 0 Å². The minimum Gasteiger partial charge on any atom is -0.342 e. The van der Waals surface area contributed by atoms with Crippen molar-refractivity contribution in [2.45, 2.75) is 32.1 Å². The molecule has 2 fully saturated rings. The highest BCUT2D eigenvalue weighted by Gasteiger charge is 2.42. The van der Waals surface area contributed by atoms with Crippen molar-refractivity contribution in [2.75, 3.05) is 13.1 Å². The van der Waals surface area contributed by atoms with Crippen molar-refractivity contribution in [3.05, 3.63) is 24.0 Å². The van der Waals surface area contributed by atoms with Crippen molar-refractivity contribution in [3.8, 4) is 0 Å². The molecule has 0 radical (unpaired) electrons. The minimum absolute atomic E-state index is 0.281. The number of H-pyrrole nitrogens is 1. The number of hydrogen-bond acceptors (Lipinski definition) is 3. The number of aromatic nitrogens is 3. The van der Waals surface area contributed by atoms with Gasteiger partial charge in [0.25, 0.3) is 0 Å². The molecule has 1 aliphatic carbocycles. The first-order valence-corrected chi connectivity index (χ1v) is 7.82. The molecule has 0 unspecified atom stereocenters. The van der Waals surface area contributed by atoms with E-state index >= 15 is 0 Å². The number of carbonyl (C=O) groups is 1. The van der Waals surface area contributed by atoms with Gasteiger partial charge in [-0.3, -0.25) is 9.89 Å². The van der Waals surface area contributed by atoms with Crippen molar-refractivity contribution in [1.82, 2.24) is 20.1 Å². The van der Waals surface area contributed by atoms with Gasteiger partial charge >= 0.3 is 0 Å². The molecule has 21 heavy (non-hydrogen) atoms. The van der Waals surface area contributed by atoms with Crippen LogP contribution >= 0.6 is 0 Å². The summed E-state index contributed by atoms with van der Waals surface area (Å²) in [6.07, 6.45) is 5.00. The molecule has 1 saturated heterocycles. The van der Waals surface area contributed by atoms with Crippen LogP contribution in [-0.2, 0) is 4.79 Å². The molecule has 0 aromatic carbocycles. The van der Waals surface area contributed by atoms with Crippen LogP contribution in [0.1, 0.15) is 37.8 Å². The number of amides is 1. The first kappa shape index (κ1) is 12.8. The molecule has 2 aliphatic rings. The average Bonchev–Trinajstić information content (AvgIpc) is 3.10. The molecule has 1 aliphatic heterocycles. The maximum Gasteiger partial charge on any atom is 0.225 e. The van der Waals surface area contributed by atoms with E-state index in [0.717, 1.165) is 49.1 Å². The van der Waals surface area contributed by atoms with Crippen molar-refractivity contribution in [2.24, 2.45) is 11.8 Å². The van der Waals surface area contributed by atoms with Crippen LogP contribution in [0, 0.1) is 11.8 Å². The second-order valence-corrected chi connectivity index (χ2v) is 6.45. The minimum atomic E-state index is 0.281. The molecule has 3 heterocycles. The Morgan fingerprint density at radius 3 is 3.14 bits per heavy atom. The highest BCUT2D eigenvalue weighted by Crippen LogP contribution is 2.40. The van der Waals surface area contributed by atoms with E-state index < -0.39 is 0 Å². The van der Waals surface area contributed by atoms with Gasteiger partial charge in [-0.1, -0.05) is 6.92 Å². The summed E-state index contributed by atoms with van der Waals surface area (Å²) >= 11 is 0. The first-order valence-electron chi connectivity index (χ1n) is 7.82. The van der Waals surface area contributed by atoms with E-state index in [0.29, 0.717) is 17.7 Å².